The molecule has 8 aromatic carbocycles. The largest absolute Gasteiger partial charge is 0.0622 e. The van der Waals surface area contributed by atoms with Crippen LogP contribution in [-0.4, -0.2) is 0 Å². The molecule has 0 spiro atoms. The maximum absolute atomic E-state index is 2.41. The van der Waals surface area contributed by atoms with Gasteiger partial charge in [-0.25, -0.2) is 0 Å². The zero-order valence-electron chi connectivity index (χ0n) is 23.9. The normalized spacial score (nSPS) is 11.6. The first-order chi connectivity index (χ1) is 20.7. The van der Waals surface area contributed by atoms with Crippen molar-refractivity contribution < 1.29 is 0 Å². The molecule has 0 N–H and O–H groups in total. The standard InChI is InChI=1S/C42H30/c1-27-22-28(2)24-33(23-27)40-35-18-10-11-19-36(35)41(37-21-20-30-14-8-9-17-34(30)42(37)40)39-26-32-16-7-6-15-31(32)25-38(39)29-12-4-3-5-13-29/h3-26H,1-2H3. The highest BCUT2D eigenvalue weighted by molar-refractivity contribution is 6.28. The van der Waals surface area contributed by atoms with E-state index in [1.165, 1.54) is 87.6 Å². The van der Waals surface area contributed by atoms with Crippen molar-refractivity contribution in [2.24, 2.45) is 0 Å². The van der Waals surface area contributed by atoms with Crippen molar-refractivity contribution in [2.75, 3.05) is 0 Å². The Bertz CT molecular complexity index is 2280. The van der Waals surface area contributed by atoms with Crippen molar-refractivity contribution in [1.82, 2.24) is 0 Å². The van der Waals surface area contributed by atoms with Crippen LogP contribution in [0.4, 0.5) is 0 Å². The van der Waals surface area contributed by atoms with Crippen molar-refractivity contribution in [3.63, 3.8) is 0 Å². The summed E-state index contributed by atoms with van der Waals surface area (Å²) in [6.07, 6.45) is 0. The highest BCUT2D eigenvalue weighted by Crippen LogP contribution is 2.48. The van der Waals surface area contributed by atoms with Gasteiger partial charge in [-0.15, -0.1) is 0 Å². The quantitative estimate of drug-likeness (QED) is 0.156. The predicted octanol–water partition coefficient (Wildman–Crippen LogP) is 11.9. The van der Waals surface area contributed by atoms with Gasteiger partial charge >= 0.3 is 0 Å². The van der Waals surface area contributed by atoms with E-state index in [9.17, 15) is 0 Å². The van der Waals surface area contributed by atoms with Crippen LogP contribution in [0.3, 0.4) is 0 Å². The lowest BCUT2D eigenvalue weighted by Gasteiger charge is -2.22. The van der Waals surface area contributed by atoms with Gasteiger partial charge in [0, 0.05) is 0 Å². The summed E-state index contributed by atoms with van der Waals surface area (Å²) in [5.74, 6) is 0. The smallest absolute Gasteiger partial charge is 0.00141 e. The molecule has 0 heterocycles. The van der Waals surface area contributed by atoms with Gasteiger partial charge in [-0.1, -0.05) is 145 Å². The molecule has 0 saturated carbocycles. The Hall–Kier alpha value is -5.20. The Balaban J connectivity index is 1.62. The zero-order valence-corrected chi connectivity index (χ0v) is 23.9. The molecule has 42 heavy (non-hydrogen) atoms. The monoisotopic (exact) mass is 534 g/mol. The minimum atomic E-state index is 1.23. The second kappa shape index (κ2) is 9.72. The van der Waals surface area contributed by atoms with Crippen LogP contribution in [0.5, 0.6) is 0 Å². The van der Waals surface area contributed by atoms with E-state index in [2.05, 4.69) is 159 Å². The molecule has 8 aromatic rings. The predicted molar refractivity (Wildman–Crippen MR) is 182 cm³/mol. The van der Waals surface area contributed by atoms with Crippen molar-refractivity contribution in [3.05, 3.63) is 157 Å². The summed E-state index contributed by atoms with van der Waals surface area (Å²) in [7, 11) is 0. The third-order valence-electron chi connectivity index (χ3n) is 8.66. The summed E-state index contributed by atoms with van der Waals surface area (Å²) in [5.41, 5.74) is 10.2. The van der Waals surface area contributed by atoms with Crippen LogP contribution < -0.4 is 0 Å². The van der Waals surface area contributed by atoms with E-state index in [4.69, 9.17) is 0 Å². The fourth-order valence-electron chi connectivity index (χ4n) is 6.96. The van der Waals surface area contributed by atoms with Crippen molar-refractivity contribution >= 4 is 43.1 Å². The van der Waals surface area contributed by atoms with Crippen LogP contribution in [0.2, 0.25) is 0 Å². The summed E-state index contributed by atoms with van der Waals surface area (Å²) in [5, 5.41) is 10.2. The van der Waals surface area contributed by atoms with Crippen LogP contribution >= 0.6 is 0 Å². The molecule has 0 unspecified atom stereocenters. The average molecular weight is 535 g/mol. The van der Waals surface area contributed by atoms with Crippen LogP contribution in [0.15, 0.2) is 146 Å². The number of aryl methyl sites for hydroxylation is 2. The first-order valence-corrected chi connectivity index (χ1v) is 14.7. The van der Waals surface area contributed by atoms with Gasteiger partial charge in [0.15, 0.2) is 0 Å². The lowest BCUT2D eigenvalue weighted by molar-refractivity contribution is 1.39. The van der Waals surface area contributed by atoms with E-state index in [0.29, 0.717) is 0 Å². The van der Waals surface area contributed by atoms with E-state index >= 15 is 0 Å². The third-order valence-corrected chi connectivity index (χ3v) is 8.66. The Morgan fingerprint density at radius 2 is 0.881 bits per heavy atom. The van der Waals surface area contributed by atoms with Gasteiger partial charge in [0.2, 0.25) is 0 Å². The SMILES string of the molecule is Cc1cc(C)cc(-c2c3ccccc3c(-c3cc4ccccc4cc3-c3ccccc3)c3ccc4ccccc4c23)c1. The highest BCUT2D eigenvalue weighted by Gasteiger charge is 2.21. The molecule has 0 fully saturated rings. The molecule has 0 aliphatic carbocycles. The Morgan fingerprint density at radius 3 is 1.57 bits per heavy atom. The minimum absolute atomic E-state index is 1.23. The fourth-order valence-corrected chi connectivity index (χ4v) is 6.96. The average Bonchev–Trinajstić information content (AvgIpc) is 3.03. The Kier molecular flexibility index (Phi) is 5.69. The van der Waals surface area contributed by atoms with Crippen molar-refractivity contribution in [3.8, 4) is 33.4 Å². The minimum Gasteiger partial charge on any atom is -0.0622 e. The van der Waals surface area contributed by atoms with E-state index < -0.39 is 0 Å². The molecular formula is C42H30. The first kappa shape index (κ1) is 24.6. The molecule has 0 aromatic heterocycles. The molecule has 0 radical (unpaired) electrons. The van der Waals surface area contributed by atoms with Crippen molar-refractivity contribution in [2.45, 2.75) is 13.8 Å². The van der Waals surface area contributed by atoms with Gasteiger partial charge < -0.3 is 0 Å². The van der Waals surface area contributed by atoms with Crippen molar-refractivity contribution in [1.29, 1.82) is 0 Å². The van der Waals surface area contributed by atoms with Gasteiger partial charge in [0.1, 0.15) is 0 Å². The molecule has 0 nitrogen and oxygen atoms in total. The van der Waals surface area contributed by atoms with Crippen LogP contribution in [-0.2, 0) is 0 Å². The van der Waals surface area contributed by atoms with Gasteiger partial charge in [-0.3, -0.25) is 0 Å². The summed E-state index contributed by atoms with van der Waals surface area (Å²) < 4.78 is 0. The van der Waals surface area contributed by atoms with Gasteiger partial charge in [-0.2, -0.15) is 0 Å². The number of rotatable bonds is 3. The lowest BCUT2D eigenvalue weighted by atomic mass is 9.81. The molecule has 0 aliphatic rings. The molecule has 0 bridgehead atoms. The Morgan fingerprint density at radius 1 is 0.333 bits per heavy atom. The number of fused-ring (bicyclic) bond motifs is 5. The van der Waals surface area contributed by atoms with E-state index in [1.807, 2.05) is 0 Å². The second-order valence-electron chi connectivity index (χ2n) is 11.5. The Labute approximate surface area is 246 Å². The number of hydrogen-bond acceptors (Lipinski definition) is 0. The van der Waals surface area contributed by atoms with Crippen LogP contribution in [0, 0.1) is 13.8 Å². The summed E-state index contributed by atoms with van der Waals surface area (Å²) in [6.45, 7) is 4.41. The van der Waals surface area contributed by atoms with E-state index in [-0.39, 0.29) is 0 Å². The van der Waals surface area contributed by atoms with E-state index in [1.54, 1.807) is 0 Å². The van der Waals surface area contributed by atoms with Gasteiger partial charge in [0.05, 0.1) is 0 Å². The highest BCUT2D eigenvalue weighted by atomic mass is 14.2. The first-order valence-electron chi connectivity index (χ1n) is 14.7. The molecule has 0 aliphatic heterocycles. The summed E-state index contributed by atoms with van der Waals surface area (Å²) >= 11 is 0. The maximum Gasteiger partial charge on any atom is -0.00141 e. The molecule has 0 heteroatoms. The third kappa shape index (κ3) is 3.91. The topological polar surface area (TPSA) is 0 Å². The van der Waals surface area contributed by atoms with Crippen LogP contribution in [0.1, 0.15) is 11.1 Å². The van der Waals surface area contributed by atoms with Gasteiger partial charge in [-0.05, 0) is 102 Å². The second-order valence-corrected chi connectivity index (χ2v) is 11.5. The zero-order chi connectivity index (χ0) is 28.2. The maximum atomic E-state index is 2.41. The molecule has 198 valence electrons. The molecule has 0 amide bonds. The summed E-state index contributed by atoms with van der Waals surface area (Å²) in [4.78, 5) is 0. The number of benzene rings is 8. The van der Waals surface area contributed by atoms with Gasteiger partial charge in [0.25, 0.3) is 0 Å². The number of hydrogen-bond donors (Lipinski definition) is 0. The lowest BCUT2D eigenvalue weighted by Crippen LogP contribution is -1.94. The van der Waals surface area contributed by atoms with Crippen LogP contribution in [0.25, 0.3) is 76.5 Å². The van der Waals surface area contributed by atoms with E-state index in [0.717, 1.165) is 0 Å². The molecule has 0 atom stereocenters. The molecular weight excluding hydrogens is 504 g/mol. The molecule has 8 rings (SSSR count). The molecule has 0 saturated heterocycles. The summed E-state index contributed by atoms with van der Waals surface area (Å²) in [6, 6.07) is 53.8. The fraction of sp³-hybridized carbons (Fsp3) is 0.0476.